The van der Waals surface area contributed by atoms with Crippen LogP contribution in [0.15, 0.2) is 18.2 Å². The zero-order chi connectivity index (χ0) is 13.5. The van der Waals surface area contributed by atoms with E-state index in [0.29, 0.717) is 5.56 Å². The van der Waals surface area contributed by atoms with Crippen LogP contribution < -0.4 is 5.32 Å². The van der Waals surface area contributed by atoms with Gasteiger partial charge >= 0.3 is 0 Å². The highest BCUT2D eigenvalue weighted by Gasteiger charge is 2.09. The summed E-state index contributed by atoms with van der Waals surface area (Å²) in [5.74, 6) is -2.31. The zero-order valence-electron chi connectivity index (χ0n) is 9.95. The number of ether oxygens (including phenoxy) is 1. The smallest absolute Gasteiger partial charge is 0.224 e. The number of hydrogen-bond donors (Lipinski definition) is 2. The van der Waals surface area contributed by atoms with Crippen LogP contribution in [0.2, 0.25) is 0 Å². The number of aliphatic hydroxyl groups is 1. The van der Waals surface area contributed by atoms with Crippen LogP contribution in [-0.2, 0) is 16.0 Å². The van der Waals surface area contributed by atoms with Crippen LogP contribution in [0.5, 0.6) is 0 Å². The summed E-state index contributed by atoms with van der Waals surface area (Å²) in [6, 6.07) is 3.28. The Labute approximate surface area is 104 Å². The lowest BCUT2D eigenvalue weighted by Gasteiger charge is -2.10. The highest BCUT2D eigenvalue weighted by molar-refractivity contribution is 5.78. The van der Waals surface area contributed by atoms with Crippen molar-refractivity contribution in [1.29, 1.82) is 0 Å². The number of nitrogens with one attached hydrogen (secondary N) is 1. The van der Waals surface area contributed by atoms with Crippen molar-refractivity contribution >= 4 is 5.91 Å². The van der Waals surface area contributed by atoms with Gasteiger partial charge in [-0.05, 0) is 17.7 Å². The van der Waals surface area contributed by atoms with Crippen LogP contribution in [0, 0.1) is 11.6 Å². The average Bonchev–Trinajstić information content (AvgIpc) is 2.32. The van der Waals surface area contributed by atoms with Gasteiger partial charge in [-0.25, -0.2) is 8.78 Å². The summed E-state index contributed by atoms with van der Waals surface area (Å²) in [5, 5.41) is 11.8. The third kappa shape index (κ3) is 4.77. The topological polar surface area (TPSA) is 58.6 Å². The first kappa shape index (κ1) is 14.5. The van der Waals surface area contributed by atoms with Gasteiger partial charge in [-0.2, -0.15) is 0 Å². The van der Waals surface area contributed by atoms with E-state index >= 15 is 0 Å². The van der Waals surface area contributed by atoms with E-state index in [2.05, 4.69) is 5.32 Å². The fraction of sp³-hybridized carbons (Fsp3) is 0.417. The molecule has 4 nitrogen and oxygen atoms in total. The third-order valence-electron chi connectivity index (χ3n) is 2.24. The maximum absolute atomic E-state index is 12.9. The van der Waals surface area contributed by atoms with Crippen molar-refractivity contribution in [2.75, 3.05) is 20.3 Å². The Balaban J connectivity index is 2.42. The van der Waals surface area contributed by atoms with Crippen molar-refractivity contribution in [1.82, 2.24) is 5.32 Å². The lowest BCUT2D eigenvalue weighted by atomic mass is 10.1. The Morgan fingerprint density at radius 3 is 2.78 bits per heavy atom. The number of rotatable bonds is 6. The lowest BCUT2D eigenvalue weighted by Crippen LogP contribution is -2.35. The van der Waals surface area contributed by atoms with Crippen molar-refractivity contribution in [2.24, 2.45) is 0 Å². The highest BCUT2D eigenvalue weighted by atomic mass is 19.2. The molecule has 1 amide bonds. The van der Waals surface area contributed by atoms with Gasteiger partial charge in [0.25, 0.3) is 0 Å². The summed E-state index contributed by atoms with van der Waals surface area (Å²) in [5.41, 5.74) is 0.368. The van der Waals surface area contributed by atoms with Gasteiger partial charge in [-0.15, -0.1) is 0 Å². The van der Waals surface area contributed by atoms with Crippen molar-refractivity contribution in [2.45, 2.75) is 12.5 Å². The Bertz CT molecular complexity index is 412. The SMILES string of the molecule is COCC(O)CNC(=O)Cc1ccc(F)c(F)c1. The molecule has 0 aliphatic carbocycles. The monoisotopic (exact) mass is 259 g/mol. The van der Waals surface area contributed by atoms with Crippen molar-refractivity contribution in [3.8, 4) is 0 Å². The van der Waals surface area contributed by atoms with Crippen LogP contribution in [-0.4, -0.2) is 37.4 Å². The van der Waals surface area contributed by atoms with Gasteiger partial charge in [0.2, 0.25) is 5.91 Å². The highest BCUT2D eigenvalue weighted by Crippen LogP contribution is 2.09. The summed E-state index contributed by atoms with van der Waals surface area (Å²) >= 11 is 0. The van der Waals surface area contributed by atoms with Crippen molar-refractivity contribution < 1.29 is 23.4 Å². The van der Waals surface area contributed by atoms with Gasteiger partial charge in [0.15, 0.2) is 11.6 Å². The number of aliphatic hydroxyl groups excluding tert-OH is 1. The minimum Gasteiger partial charge on any atom is -0.389 e. The second-order valence-corrected chi connectivity index (χ2v) is 3.84. The minimum atomic E-state index is -0.986. The molecule has 0 fully saturated rings. The fourth-order valence-corrected chi connectivity index (χ4v) is 1.38. The number of benzene rings is 1. The molecule has 0 aliphatic rings. The molecule has 100 valence electrons. The largest absolute Gasteiger partial charge is 0.389 e. The van der Waals surface area contributed by atoms with Crippen LogP contribution in [0.25, 0.3) is 0 Å². The minimum absolute atomic E-state index is 0.0519. The van der Waals surface area contributed by atoms with E-state index < -0.39 is 17.7 Å². The molecule has 0 saturated heterocycles. The van der Waals surface area contributed by atoms with Crippen LogP contribution >= 0.6 is 0 Å². The Hall–Kier alpha value is -1.53. The molecule has 1 atom stereocenters. The molecule has 1 rings (SSSR count). The Kier molecular flexibility index (Phi) is 5.67. The van der Waals surface area contributed by atoms with Crippen LogP contribution in [0.1, 0.15) is 5.56 Å². The molecule has 0 saturated carbocycles. The molecule has 0 aliphatic heterocycles. The lowest BCUT2D eigenvalue weighted by molar-refractivity contribution is -0.121. The van der Waals surface area contributed by atoms with E-state index in [1.165, 1.54) is 13.2 Å². The predicted molar refractivity (Wildman–Crippen MR) is 61.0 cm³/mol. The Morgan fingerprint density at radius 1 is 1.44 bits per heavy atom. The summed E-state index contributed by atoms with van der Waals surface area (Å²) in [6.45, 7) is 0.168. The van der Waals surface area contributed by atoms with Gasteiger partial charge in [-0.1, -0.05) is 6.07 Å². The summed E-state index contributed by atoms with van der Waals surface area (Å²) in [6.07, 6.45) is -0.861. The summed E-state index contributed by atoms with van der Waals surface area (Å²) in [4.78, 5) is 11.4. The normalized spacial score (nSPS) is 12.2. The fourth-order valence-electron chi connectivity index (χ4n) is 1.38. The van der Waals surface area contributed by atoms with E-state index in [-0.39, 0.29) is 25.5 Å². The number of amides is 1. The molecule has 18 heavy (non-hydrogen) atoms. The molecule has 0 spiro atoms. The molecule has 2 N–H and O–H groups in total. The molecule has 0 bridgehead atoms. The standard InChI is InChI=1S/C12H15F2NO3/c1-18-7-9(16)6-15-12(17)5-8-2-3-10(13)11(14)4-8/h2-4,9,16H,5-7H2,1H3,(H,15,17). The van der Waals surface area contributed by atoms with Gasteiger partial charge in [0.1, 0.15) is 0 Å². The molecule has 1 aromatic rings. The zero-order valence-corrected chi connectivity index (χ0v) is 9.95. The first-order valence-corrected chi connectivity index (χ1v) is 5.40. The first-order chi connectivity index (χ1) is 8.52. The molecule has 6 heteroatoms. The maximum Gasteiger partial charge on any atom is 0.224 e. The van der Waals surface area contributed by atoms with Gasteiger partial charge < -0.3 is 15.2 Å². The Morgan fingerprint density at radius 2 is 2.17 bits per heavy atom. The molecule has 0 heterocycles. The first-order valence-electron chi connectivity index (χ1n) is 5.40. The molecule has 0 radical (unpaired) electrons. The summed E-state index contributed by atoms with van der Waals surface area (Å²) in [7, 11) is 1.44. The third-order valence-corrected chi connectivity index (χ3v) is 2.24. The average molecular weight is 259 g/mol. The second-order valence-electron chi connectivity index (χ2n) is 3.84. The number of hydrogen-bond acceptors (Lipinski definition) is 3. The molecular formula is C12H15F2NO3. The van der Waals surface area contributed by atoms with Crippen LogP contribution in [0.4, 0.5) is 8.78 Å². The van der Waals surface area contributed by atoms with Crippen molar-refractivity contribution in [3.05, 3.63) is 35.4 Å². The van der Waals surface area contributed by atoms with Crippen molar-refractivity contribution in [3.63, 3.8) is 0 Å². The predicted octanol–water partition coefficient (Wildman–Crippen LogP) is 0.631. The van der Waals surface area contributed by atoms with E-state index in [1.54, 1.807) is 0 Å². The summed E-state index contributed by atoms with van der Waals surface area (Å²) < 4.78 is 30.2. The van der Waals surface area contributed by atoms with Gasteiger partial charge in [-0.3, -0.25) is 4.79 Å². The maximum atomic E-state index is 12.9. The van der Waals surface area contributed by atoms with E-state index in [0.717, 1.165) is 12.1 Å². The van der Waals surface area contributed by atoms with E-state index in [1.807, 2.05) is 0 Å². The number of carbonyl (C=O) groups is 1. The molecular weight excluding hydrogens is 244 g/mol. The number of halogens is 2. The second kappa shape index (κ2) is 7.03. The van der Waals surface area contributed by atoms with E-state index in [4.69, 9.17) is 4.74 Å². The quantitative estimate of drug-likeness (QED) is 0.788. The van der Waals surface area contributed by atoms with E-state index in [9.17, 15) is 18.7 Å². The van der Waals surface area contributed by atoms with Gasteiger partial charge in [0, 0.05) is 13.7 Å². The molecule has 0 aromatic heterocycles. The molecule has 1 aromatic carbocycles. The number of methoxy groups -OCH3 is 1. The molecule has 1 unspecified atom stereocenters. The van der Waals surface area contributed by atoms with Crippen LogP contribution in [0.3, 0.4) is 0 Å². The van der Waals surface area contributed by atoms with Gasteiger partial charge in [0.05, 0.1) is 19.1 Å². The number of carbonyl (C=O) groups excluding carboxylic acids is 1.